The average Bonchev–Trinajstić information content (AvgIpc) is 2.11. The maximum Gasteiger partial charge on any atom is 0.153 e. The maximum atomic E-state index is 13.0. The van der Waals surface area contributed by atoms with Crippen molar-refractivity contribution in [3.63, 3.8) is 0 Å². The first-order valence-electron chi connectivity index (χ1n) is 2.79. The Bertz CT molecular complexity index is 230. The van der Waals surface area contributed by atoms with Crippen molar-refractivity contribution in [2.24, 2.45) is 0 Å². The standard InChI is InChI=1S/C5H8FN2OP/c1-5(2,6)3-4(10)8-9-7-3/h10H2,1-2H3. The van der Waals surface area contributed by atoms with Gasteiger partial charge >= 0.3 is 0 Å². The molecule has 0 aliphatic rings. The molecule has 0 saturated carbocycles. The topological polar surface area (TPSA) is 38.9 Å². The fourth-order valence-electron chi connectivity index (χ4n) is 0.608. The average molecular weight is 162 g/mol. The van der Waals surface area contributed by atoms with Crippen molar-refractivity contribution in [2.75, 3.05) is 0 Å². The maximum absolute atomic E-state index is 13.0. The molecule has 56 valence electrons. The van der Waals surface area contributed by atoms with Gasteiger partial charge in [-0.25, -0.2) is 9.02 Å². The van der Waals surface area contributed by atoms with Gasteiger partial charge in [0.05, 0.1) is 0 Å². The zero-order valence-electron chi connectivity index (χ0n) is 5.76. The van der Waals surface area contributed by atoms with Gasteiger partial charge in [-0.2, -0.15) is 0 Å². The SMILES string of the molecule is CC(C)(F)c1nonc1P. The largest absolute Gasteiger partial charge is 0.244 e. The lowest BCUT2D eigenvalue weighted by Gasteiger charge is -2.08. The highest BCUT2D eigenvalue weighted by molar-refractivity contribution is 7.27. The van der Waals surface area contributed by atoms with Gasteiger partial charge in [0, 0.05) is 0 Å². The highest BCUT2D eigenvalue weighted by Crippen LogP contribution is 2.20. The van der Waals surface area contributed by atoms with E-state index in [0.29, 0.717) is 5.44 Å². The van der Waals surface area contributed by atoms with Crippen LogP contribution in [0.25, 0.3) is 0 Å². The van der Waals surface area contributed by atoms with Crippen molar-refractivity contribution in [1.29, 1.82) is 0 Å². The van der Waals surface area contributed by atoms with Gasteiger partial charge in [-0.1, -0.05) is 19.6 Å². The summed E-state index contributed by atoms with van der Waals surface area (Å²) in [5.41, 5.74) is -0.818. The Morgan fingerprint density at radius 2 is 2.10 bits per heavy atom. The van der Waals surface area contributed by atoms with Crippen molar-refractivity contribution >= 4 is 14.7 Å². The highest BCUT2D eigenvalue weighted by Gasteiger charge is 2.25. The van der Waals surface area contributed by atoms with E-state index < -0.39 is 5.67 Å². The van der Waals surface area contributed by atoms with Crippen molar-refractivity contribution < 1.29 is 9.02 Å². The Hall–Kier alpha value is -0.500. The van der Waals surface area contributed by atoms with Crippen LogP contribution in [0.3, 0.4) is 0 Å². The zero-order valence-corrected chi connectivity index (χ0v) is 6.91. The molecular weight excluding hydrogens is 154 g/mol. The predicted octanol–water partition coefficient (Wildman–Crippen LogP) is 0.775. The predicted molar refractivity (Wildman–Crippen MR) is 37.8 cm³/mol. The molecule has 1 aromatic heterocycles. The van der Waals surface area contributed by atoms with Crippen LogP contribution in [0.2, 0.25) is 0 Å². The molecule has 0 aliphatic carbocycles. The molecule has 1 atom stereocenters. The molecule has 0 fully saturated rings. The number of aromatic nitrogens is 2. The molecule has 1 rings (SSSR count). The molecule has 0 amide bonds. The van der Waals surface area contributed by atoms with Crippen LogP contribution in [0.5, 0.6) is 0 Å². The first-order valence-corrected chi connectivity index (χ1v) is 3.37. The molecule has 0 N–H and O–H groups in total. The van der Waals surface area contributed by atoms with Gasteiger partial charge in [0.15, 0.2) is 5.67 Å². The minimum absolute atomic E-state index is 0.234. The summed E-state index contributed by atoms with van der Waals surface area (Å²) in [4.78, 5) is 0. The Balaban J connectivity index is 3.05. The van der Waals surface area contributed by atoms with Crippen molar-refractivity contribution in [1.82, 2.24) is 10.3 Å². The quantitative estimate of drug-likeness (QED) is 0.572. The molecule has 10 heavy (non-hydrogen) atoms. The molecule has 0 radical (unpaired) electrons. The van der Waals surface area contributed by atoms with Gasteiger partial charge < -0.3 is 0 Å². The van der Waals surface area contributed by atoms with Crippen LogP contribution in [-0.2, 0) is 5.67 Å². The monoisotopic (exact) mass is 162 g/mol. The third kappa shape index (κ3) is 1.32. The first kappa shape index (κ1) is 7.61. The number of hydrogen-bond donors (Lipinski definition) is 0. The summed E-state index contributed by atoms with van der Waals surface area (Å²) in [6.45, 7) is 2.81. The smallest absolute Gasteiger partial charge is 0.153 e. The lowest BCUT2D eigenvalue weighted by Crippen LogP contribution is -2.17. The second kappa shape index (κ2) is 2.27. The van der Waals surface area contributed by atoms with E-state index in [4.69, 9.17) is 0 Å². The van der Waals surface area contributed by atoms with Crippen LogP contribution in [-0.4, -0.2) is 10.3 Å². The Morgan fingerprint density at radius 1 is 1.50 bits per heavy atom. The molecule has 0 bridgehead atoms. The molecule has 1 aromatic rings. The second-order valence-electron chi connectivity index (χ2n) is 2.47. The summed E-state index contributed by atoms with van der Waals surface area (Å²) >= 11 is 0. The summed E-state index contributed by atoms with van der Waals surface area (Å²) in [5.74, 6) is 0. The molecular formula is C5H8FN2OP. The molecule has 3 nitrogen and oxygen atoms in total. The van der Waals surface area contributed by atoms with Crippen LogP contribution in [0.4, 0.5) is 4.39 Å². The summed E-state index contributed by atoms with van der Waals surface area (Å²) in [6.07, 6.45) is 0. The summed E-state index contributed by atoms with van der Waals surface area (Å²) < 4.78 is 17.4. The van der Waals surface area contributed by atoms with Crippen LogP contribution in [0, 0.1) is 0 Å². The summed E-state index contributed by atoms with van der Waals surface area (Å²) in [6, 6.07) is 0. The number of rotatable bonds is 1. The van der Waals surface area contributed by atoms with E-state index in [1.807, 2.05) is 0 Å². The molecule has 0 saturated heterocycles. The third-order valence-corrected chi connectivity index (χ3v) is 1.46. The molecule has 1 heterocycles. The van der Waals surface area contributed by atoms with Crippen molar-refractivity contribution in [3.05, 3.63) is 5.69 Å². The van der Waals surface area contributed by atoms with Crippen molar-refractivity contribution in [2.45, 2.75) is 19.5 Å². The zero-order chi connectivity index (χ0) is 7.78. The number of halogens is 1. The lowest BCUT2D eigenvalue weighted by molar-refractivity contribution is 0.199. The number of alkyl halides is 1. The summed E-state index contributed by atoms with van der Waals surface area (Å²) in [7, 11) is 2.25. The Morgan fingerprint density at radius 3 is 2.30 bits per heavy atom. The van der Waals surface area contributed by atoms with Gasteiger partial charge in [0.2, 0.25) is 0 Å². The Labute approximate surface area is 60.2 Å². The summed E-state index contributed by atoms with van der Waals surface area (Å²) in [5, 5.41) is 6.83. The normalized spacial score (nSPS) is 12.0. The highest BCUT2D eigenvalue weighted by atomic mass is 31.0. The van der Waals surface area contributed by atoms with E-state index in [9.17, 15) is 4.39 Å². The van der Waals surface area contributed by atoms with Gasteiger partial charge in [0.1, 0.15) is 11.1 Å². The van der Waals surface area contributed by atoms with E-state index in [-0.39, 0.29) is 5.69 Å². The second-order valence-corrected chi connectivity index (χ2v) is 3.02. The number of hydrogen-bond acceptors (Lipinski definition) is 3. The van der Waals surface area contributed by atoms with Gasteiger partial charge in [-0.05, 0) is 13.8 Å². The van der Waals surface area contributed by atoms with Crippen molar-refractivity contribution in [3.8, 4) is 0 Å². The Kier molecular flexibility index (Phi) is 1.73. The molecule has 0 aromatic carbocycles. The van der Waals surface area contributed by atoms with Gasteiger partial charge in [-0.3, -0.25) is 0 Å². The third-order valence-electron chi connectivity index (χ3n) is 1.08. The van der Waals surface area contributed by atoms with Crippen LogP contribution in [0.15, 0.2) is 4.63 Å². The first-order chi connectivity index (χ1) is 4.52. The minimum Gasteiger partial charge on any atom is -0.244 e. The van der Waals surface area contributed by atoms with Crippen LogP contribution >= 0.6 is 9.24 Å². The van der Waals surface area contributed by atoms with E-state index in [2.05, 4.69) is 24.2 Å². The van der Waals surface area contributed by atoms with Crippen LogP contribution < -0.4 is 5.44 Å². The van der Waals surface area contributed by atoms with E-state index >= 15 is 0 Å². The van der Waals surface area contributed by atoms with E-state index in [1.165, 1.54) is 13.8 Å². The van der Waals surface area contributed by atoms with Crippen LogP contribution in [0.1, 0.15) is 19.5 Å². The minimum atomic E-state index is -1.48. The van der Waals surface area contributed by atoms with E-state index in [1.54, 1.807) is 0 Å². The fraction of sp³-hybridized carbons (Fsp3) is 0.600. The van der Waals surface area contributed by atoms with Gasteiger partial charge in [-0.15, -0.1) is 0 Å². The lowest BCUT2D eigenvalue weighted by atomic mass is 10.1. The number of nitrogens with zero attached hydrogens (tertiary/aromatic N) is 2. The van der Waals surface area contributed by atoms with E-state index in [0.717, 1.165) is 0 Å². The molecule has 0 spiro atoms. The fourth-order valence-corrected chi connectivity index (χ4v) is 1.05. The van der Waals surface area contributed by atoms with Gasteiger partial charge in [0.25, 0.3) is 0 Å². The molecule has 1 unspecified atom stereocenters. The molecule has 0 aliphatic heterocycles. The molecule has 5 heteroatoms.